The van der Waals surface area contributed by atoms with E-state index in [0.717, 1.165) is 30.8 Å². The summed E-state index contributed by atoms with van der Waals surface area (Å²) in [5, 5.41) is 9.82. The van der Waals surface area contributed by atoms with E-state index >= 15 is 0 Å². The zero-order valence-corrected chi connectivity index (χ0v) is 14.4. The maximum absolute atomic E-state index is 11.8. The standard InChI is InChI=1S/C18H26N4O2/c1-15(2)14-24-12-4-9-19-18(23)21-17-7-5-16(6-8-17)13-22-11-3-10-20-22/h3,5-8,10-11,15H,4,9,12-14H2,1-2H3,(H2,19,21,23). The van der Waals surface area contributed by atoms with Crippen molar-refractivity contribution in [2.75, 3.05) is 25.1 Å². The number of aromatic nitrogens is 2. The van der Waals surface area contributed by atoms with Crippen molar-refractivity contribution in [3.63, 3.8) is 0 Å². The predicted molar refractivity (Wildman–Crippen MR) is 95.1 cm³/mol. The van der Waals surface area contributed by atoms with Crippen molar-refractivity contribution in [3.05, 3.63) is 48.3 Å². The molecule has 2 aromatic rings. The first-order valence-electron chi connectivity index (χ1n) is 8.32. The molecule has 0 saturated carbocycles. The second-order valence-electron chi connectivity index (χ2n) is 6.10. The lowest BCUT2D eigenvalue weighted by Crippen LogP contribution is -2.30. The van der Waals surface area contributed by atoms with Crippen LogP contribution in [-0.4, -0.2) is 35.6 Å². The average molecular weight is 330 g/mol. The predicted octanol–water partition coefficient (Wildman–Crippen LogP) is 3.12. The Bertz CT molecular complexity index is 594. The van der Waals surface area contributed by atoms with Crippen LogP contribution in [0.3, 0.4) is 0 Å². The summed E-state index contributed by atoms with van der Waals surface area (Å²) < 4.78 is 7.33. The number of nitrogens with zero attached hydrogens (tertiary/aromatic N) is 2. The highest BCUT2D eigenvalue weighted by molar-refractivity contribution is 5.89. The highest BCUT2D eigenvalue weighted by Crippen LogP contribution is 2.10. The summed E-state index contributed by atoms with van der Waals surface area (Å²) in [5.41, 5.74) is 1.90. The molecule has 0 fully saturated rings. The zero-order chi connectivity index (χ0) is 17.2. The van der Waals surface area contributed by atoms with Gasteiger partial charge in [0.25, 0.3) is 0 Å². The zero-order valence-electron chi connectivity index (χ0n) is 14.4. The number of hydrogen-bond acceptors (Lipinski definition) is 3. The summed E-state index contributed by atoms with van der Waals surface area (Å²) in [6.07, 6.45) is 4.49. The number of ether oxygens (including phenoxy) is 1. The average Bonchev–Trinajstić information content (AvgIpc) is 3.05. The van der Waals surface area contributed by atoms with Gasteiger partial charge in [0.05, 0.1) is 6.54 Å². The molecule has 1 heterocycles. The lowest BCUT2D eigenvalue weighted by molar-refractivity contribution is 0.108. The number of carbonyl (C=O) groups excluding carboxylic acids is 1. The smallest absolute Gasteiger partial charge is 0.319 e. The van der Waals surface area contributed by atoms with E-state index < -0.39 is 0 Å². The van der Waals surface area contributed by atoms with Crippen molar-refractivity contribution in [1.29, 1.82) is 0 Å². The van der Waals surface area contributed by atoms with Gasteiger partial charge in [-0.05, 0) is 36.1 Å². The van der Waals surface area contributed by atoms with Crippen LogP contribution in [0.2, 0.25) is 0 Å². The molecule has 2 N–H and O–H groups in total. The minimum absolute atomic E-state index is 0.196. The van der Waals surface area contributed by atoms with Gasteiger partial charge in [0.1, 0.15) is 0 Å². The van der Waals surface area contributed by atoms with Crippen LogP contribution < -0.4 is 10.6 Å². The third kappa shape index (κ3) is 6.83. The van der Waals surface area contributed by atoms with Crippen molar-refractivity contribution < 1.29 is 9.53 Å². The Labute approximate surface area is 143 Å². The van der Waals surface area contributed by atoms with Crippen molar-refractivity contribution in [2.45, 2.75) is 26.8 Å². The maximum Gasteiger partial charge on any atom is 0.319 e. The number of hydrogen-bond donors (Lipinski definition) is 2. The van der Waals surface area contributed by atoms with E-state index in [9.17, 15) is 4.79 Å². The topological polar surface area (TPSA) is 68.2 Å². The molecule has 1 aromatic carbocycles. The summed E-state index contributed by atoms with van der Waals surface area (Å²) in [6.45, 7) is 6.98. The summed E-state index contributed by atoms with van der Waals surface area (Å²) in [6, 6.07) is 9.45. The summed E-state index contributed by atoms with van der Waals surface area (Å²) in [5.74, 6) is 0.539. The van der Waals surface area contributed by atoms with E-state index in [4.69, 9.17) is 4.74 Å². The Kier molecular flexibility index (Phi) is 7.29. The van der Waals surface area contributed by atoms with Crippen LogP contribution in [-0.2, 0) is 11.3 Å². The molecule has 0 aliphatic heterocycles. The third-order valence-corrected chi connectivity index (χ3v) is 3.32. The molecule has 1 aromatic heterocycles. The normalized spacial score (nSPS) is 10.8. The fraction of sp³-hybridized carbons (Fsp3) is 0.444. The largest absolute Gasteiger partial charge is 0.381 e. The Morgan fingerprint density at radius 1 is 1.29 bits per heavy atom. The number of rotatable bonds is 9. The number of nitrogens with one attached hydrogen (secondary N) is 2. The molecular formula is C18H26N4O2. The van der Waals surface area contributed by atoms with Crippen LogP contribution >= 0.6 is 0 Å². The van der Waals surface area contributed by atoms with Gasteiger partial charge in [0, 0.05) is 37.8 Å². The molecule has 0 radical (unpaired) electrons. The highest BCUT2D eigenvalue weighted by atomic mass is 16.5. The Morgan fingerprint density at radius 3 is 2.75 bits per heavy atom. The minimum atomic E-state index is -0.196. The molecule has 0 bridgehead atoms. The van der Waals surface area contributed by atoms with Crippen molar-refractivity contribution in [1.82, 2.24) is 15.1 Å². The number of benzene rings is 1. The van der Waals surface area contributed by atoms with Crippen LogP contribution in [0.15, 0.2) is 42.7 Å². The number of anilines is 1. The van der Waals surface area contributed by atoms with E-state index in [0.29, 0.717) is 19.1 Å². The van der Waals surface area contributed by atoms with Gasteiger partial charge < -0.3 is 15.4 Å². The summed E-state index contributed by atoms with van der Waals surface area (Å²) in [4.78, 5) is 11.8. The van der Waals surface area contributed by atoms with Gasteiger partial charge in [-0.1, -0.05) is 26.0 Å². The van der Waals surface area contributed by atoms with Gasteiger partial charge >= 0.3 is 6.03 Å². The molecule has 2 rings (SSSR count). The lowest BCUT2D eigenvalue weighted by Gasteiger charge is -2.09. The van der Waals surface area contributed by atoms with E-state index in [2.05, 4.69) is 29.6 Å². The van der Waals surface area contributed by atoms with Gasteiger partial charge in [0.15, 0.2) is 0 Å². The molecule has 24 heavy (non-hydrogen) atoms. The van der Waals surface area contributed by atoms with Gasteiger partial charge in [-0.25, -0.2) is 4.79 Å². The summed E-state index contributed by atoms with van der Waals surface area (Å²) in [7, 11) is 0. The van der Waals surface area contributed by atoms with Gasteiger partial charge in [-0.2, -0.15) is 5.10 Å². The monoisotopic (exact) mass is 330 g/mol. The molecule has 0 aliphatic rings. The molecule has 0 aliphatic carbocycles. The van der Waals surface area contributed by atoms with Crippen molar-refractivity contribution in [2.24, 2.45) is 5.92 Å². The molecule has 0 unspecified atom stereocenters. The Morgan fingerprint density at radius 2 is 2.08 bits per heavy atom. The van der Waals surface area contributed by atoms with E-state index in [1.807, 2.05) is 41.2 Å². The highest BCUT2D eigenvalue weighted by Gasteiger charge is 2.02. The second-order valence-corrected chi connectivity index (χ2v) is 6.10. The first-order valence-corrected chi connectivity index (χ1v) is 8.32. The van der Waals surface area contributed by atoms with E-state index in [1.165, 1.54) is 0 Å². The van der Waals surface area contributed by atoms with E-state index in [-0.39, 0.29) is 6.03 Å². The first kappa shape index (κ1) is 18.0. The molecule has 130 valence electrons. The first-order chi connectivity index (χ1) is 11.6. The van der Waals surface area contributed by atoms with Crippen LogP contribution in [0.1, 0.15) is 25.8 Å². The van der Waals surface area contributed by atoms with Crippen LogP contribution in [0.4, 0.5) is 10.5 Å². The molecule has 2 amide bonds. The van der Waals surface area contributed by atoms with Crippen molar-refractivity contribution >= 4 is 11.7 Å². The fourth-order valence-corrected chi connectivity index (χ4v) is 2.14. The van der Waals surface area contributed by atoms with Crippen molar-refractivity contribution in [3.8, 4) is 0 Å². The summed E-state index contributed by atoms with van der Waals surface area (Å²) >= 11 is 0. The third-order valence-electron chi connectivity index (χ3n) is 3.32. The molecular weight excluding hydrogens is 304 g/mol. The lowest BCUT2D eigenvalue weighted by atomic mass is 10.2. The van der Waals surface area contributed by atoms with Gasteiger partial charge in [-0.3, -0.25) is 4.68 Å². The molecule has 0 atom stereocenters. The van der Waals surface area contributed by atoms with Gasteiger partial charge in [-0.15, -0.1) is 0 Å². The number of carbonyl (C=O) groups is 1. The van der Waals surface area contributed by atoms with Crippen LogP contribution in [0.5, 0.6) is 0 Å². The quantitative estimate of drug-likeness (QED) is 0.694. The van der Waals surface area contributed by atoms with E-state index in [1.54, 1.807) is 6.20 Å². The molecule has 0 spiro atoms. The Hall–Kier alpha value is -2.34. The van der Waals surface area contributed by atoms with Gasteiger partial charge in [0.2, 0.25) is 0 Å². The molecule has 0 saturated heterocycles. The van der Waals surface area contributed by atoms with Crippen LogP contribution in [0.25, 0.3) is 0 Å². The molecule has 6 nitrogen and oxygen atoms in total. The SMILES string of the molecule is CC(C)COCCCNC(=O)Nc1ccc(Cn2cccn2)cc1. The number of urea groups is 1. The molecule has 6 heteroatoms. The maximum atomic E-state index is 11.8. The second kappa shape index (κ2) is 9.72. The fourth-order valence-electron chi connectivity index (χ4n) is 2.14. The number of amides is 2. The van der Waals surface area contributed by atoms with Crippen LogP contribution in [0, 0.1) is 5.92 Å². The Balaban J connectivity index is 1.64. The minimum Gasteiger partial charge on any atom is -0.381 e.